The predicted octanol–water partition coefficient (Wildman–Crippen LogP) is 3.81. The number of aromatic nitrogens is 2. The van der Waals surface area contributed by atoms with Crippen molar-refractivity contribution in [3.63, 3.8) is 0 Å². The minimum absolute atomic E-state index is 0.249. The lowest BCUT2D eigenvalue weighted by molar-refractivity contribution is 0.798. The quantitative estimate of drug-likeness (QED) is 0.880. The van der Waals surface area contributed by atoms with Crippen LogP contribution in [0.3, 0.4) is 0 Å². The van der Waals surface area contributed by atoms with Gasteiger partial charge < -0.3 is 5.32 Å². The molecule has 0 bridgehead atoms. The maximum absolute atomic E-state index is 4.66. The van der Waals surface area contributed by atoms with Crippen molar-refractivity contribution in [1.29, 1.82) is 0 Å². The van der Waals surface area contributed by atoms with E-state index in [2.05, 4.69) is 56.8 Å². The summed E-state index contributed by atoms with van der Waals surface area (Å²) in [5.41, 5.74) is 2.34. The van der Waals surface area contributed by atoms with Gasteiger partial charge in [0.1, 0.15) is 11.6 Å². The van der Waals surface area contributed by atoms with Crippen molar-refractivity contribution in [3.8, 4) is 0 Å². The Morgan fingerprint density at radius 1 is 1.17 bits per heavy atom. The standard InChI is InChI=1S/C14H25N3S/c1-7-11-10(3)13(15-8-2)17-12(16-11)9-18-14(4,5)6/h7-9H2,1-6H3,(H,15,16,17). The molecule has 1 aromatic heterocycles. The number of nitrogens with zero attached hydrogens (tertiary/aromatic N) is 2. The minimum atomic E-state index is 0.249. The first kappa shape index (κ1) is 15.3. The van der Waals surface area contributed by atoms with Gasteiger partial charge in [0.05, 0.1) is 5.75 Å². The number of thioether (sulfide) groups is 1. The van der Waals surface area contributed by atoms with Gasteiger partial charge in [0, 0.05) is 22.5 Å². The lowest BCUT2D eigenvalue weighted by Crippen LogP contribution is -2.12. The van der Waals surface area contributed by atoms with Crippen LogP contribution in [-0.4, -0.2) is 21.3 Å². The predicted molar refractivity (Wildman–Crippen MR) is 81.4 cm³/mol. The Balaban J connectivity index is 2.95. The second-order valence-corrected chi connectivity index (χ2v) is 7.15. The van der Waals surface area contributed by atoms with E-state index >= 15 is 0 Å². The summed E-state index contributed by atoms with van der Waals surface area (Å²) >= 11 is 1.89. The second kappa shape index (κ2) is 6.41. The molecule has 0 aliphatic heterocycles. The summed E-state index contributed by atoms with van der Waals surface area (Å²) in [5.74, 6) is 2.80. The Morgan fingerprint density at radius 2 is 1.83 bits per heavy atom. The fourth-order valence-corrected chi connectivity index (χ4v) is 2.33. The topological polar surface area (TPSA) is 37.8 Å². The first-order valence-corrected chi connectivity index (χ1v) is 7.60. The molecule has 1 rings (SSSR count). The molecular weight excluding hydrogens is 242 g/mol. The van der Waals surface area contributed by atoms with Crippen molar-refractivity contribution in [3.05, 3.63) is 17.1 Å². The van der Waals surface area contributed by atoms with Gasteiger partial charge >= 0.3 is 0 Å². The molecule has 1 aromatic rings. The normalized spacial score (nSPS) is 11.7. The van der Waals surface area contributed by atoms with E-state index in [9.17, 15) is 0 Å². The van der Waals surface area contributed by atoms with Crippen LogP contribution in [0.2, 0.25) is 0 Å². The maximum atomic E-state index is 4.66. The highest BCUT2D eigenvalue weighted by Crippen LogP contribution is 2.27. The number of hydrogen-bond donors (Lipinski definition) is 1. The molecule has 0 spiro atoms. The van der Waals surface area contributed by atoms with Crippen molar-refractivity contribution in [2.45, 2.75) is 58.5 Å². The SMILES string of the molecule is CCNc1nc(CSC(C)(C)C)nc(CC)c1C. The van der Waals surface area contributed by atoms with E-state index in [4.69, 9.17) is 0 Å². The zero-order valence-electron chi connectivity index (χ0n) is 12.4. The summed E-state index contributed by atoms with van der Waals surface area (Å²) in [7, 11) is 0. The Bertz CT molecular complexity index is 397. The summed E-state index contributed by atoms with van der Waals surface area (Å²) < 4.78 is 0.249. The molecule has 1 N–H and O–H groups in total. The molecule has 4 heteroatoms. The summed E-state index contributed by atoms with van der Waals surface area (Å²) in [5, 5.41) is 3.33. The molecule has 0 saturated heterocycles. The number of anilines is 1. The van der Waals surface area contributed by atoms with Gasteiger partial charge in [-0.3, -0.25) is 0 Å². The molecule has 3 nitrogen and oxygen atoms in total. The molecule has 102 valence electrons. The summed E-state index contributed by atoms with van der Waals surface area (Å²) in [4.78, 5) is 9.30. The monoisotopic (exact) mass is 267 g/mol. The van der Waals surface area contributed by atoms with E-state index in [0.29, 0.717) is 0 Å². The van der Waals surface area contributed by atoms with Gasteiger partial charge in [0.2, 0.25) is 0 Å². The Labute approximate surface area is 115 Å². The molecule has 18 heavy (non-hydrogen) atoms. The van der Waals surface area contributed by atoms with E-state index < -0.39 is 0 Å². The van der Waals surface area contributed by atoms with Crippen LogP contribution >= 0.6 is 11.8 Å². The molecule has 0 amide bonds. The Morgan fingerprint density at radius 3 is 2.33 bits per heavy atom. The van der Waals surface area contributed by atoms with E-state index in [-0.39, 0.29) is 4.75 Å². The summed E-state index contributed by atoms with van der Waals surface area (Å²) in [6, 6.07) is 0. The molecule has 0 aromatic carbocycles. The van der Waals surface area contributed by atoms with Gasteiger partial charge in [-0.1, -0.05) is 27.7 Å². The van der Waals surface area contributed by atoms with Gasteiger partial charge in [-0.25, -0.2) is 9.97 Å². The van der Waals surface area contributed by atoms with E-state index in [0.717, 1.165) is 36.1 Å². The van der Waals surface area contributed by atoms with E-state index in [1.165, 1.54) is 5.56 Å². The van der Waals surface area contributed by atoms with Crippen LogP contribution in [0, 0.1) is 6.92 Å². The molecule has 0 aliphatic carbocycles. The van der Waals surface area contributed by atoms with Gasteiger partial charge in [0.15, 0.2) is 0 Å². The smallest absolute Gasteiger partial charge is 0.140 e. The van der Waals surface area contributed by atoms with Crippen molar-refractivity contribution in [2.75, 3.05) is 11.9 Å². The number of hydrogen-bond acceptors (Lipinski definition) is 4. The highest BCUT2D eigenvalue weighted by Gasteiger charge is 2.14. The number of nitrogens with one attached hydrogen (secondary N) is 1. The second-order valence-electron chi connectivity index (χ2n) is 5.35. The molecule has 0 saturated carbocycles. The largest absolute Gasteiger partial charge is 0.370 e. The number of aryl methyl sites for hydroxylation is 1. The van der Waals surface area contributed by atoms with Gasteiger partial charge in [-0.15, -0.1) is 11.8 Å². The van der Waals surface area contributed by atoms with Gasteiger partial charge in [-0.2, -0.15) is 0 Å². The Hall–Kier alpha value is -0.770. The molecule has 0 radical (unpaired) electrons. The highest BCUT2D eigenvalue weighted by atomic mass is 32.2. The Kier molecular flexibility index (Phi) is 5.45. The third kappa shape index (κ3) is 4.48. The van der Waals surface area contributed by atoms with E-state index in [1.54, 1.807) is 0 Å². The summed E-state index contributed by atoms with van der Waals surface area (Å²) in [6.07, 6.45) is 0.958. The fraction of sp³-hybridized carbons (Fsp3) is 0.714. The first-order chi connectivity index (χ1) is 8.37. The lowest BCUT2D eigenvalue weighted by Gasteiger charge is -2.18. The van der Waals surface area contributed by atoms with Crippen LogP contribution in [0.4, 0.5) is 5.82 Å². The van der Waals surface area contributed by atoms with Crippen LogP contribution in [0.15, 0.2) is 0 Å². The van der Waals surface area contributed by atoms with Crippen LogP contribution in [0.25, 0.3) is 0 Å². The molecule has 1 heterocycles. The van der Waals surface area contributed by atoms with Crippen LogP contribution < -0.4 is 5.32 Å². The van der Waals surface area contributed by atoms with E-state index in [1.807, 2.05) is 11.8 Å². The van der Waals surface area contributed by atoms with Crippen molar-refractivity contribution < 1.29 is 0 Å². The highest BCUT2D eigenvalue weighted by molar-refractivity contribution is 7.99. The maximum Gasteiger partial charge on any atom is 0.140 e. The zero-order chi connectivity index (χ0) is 13.8. The molecule has 0 atom stereocenters. The molecular formula is C14H25N3S. The molecule has 0 fully saturated rings. The number of rotatable bonds is 5. The first-order valence-electron chi connectivity index (χ1n) is 6.61. The molecule has 0 unspecified atom stereocenters. The minimum Gasteiger partial charge on any atom is -0.370 e. The van der Waals surface area contributed by atoms with Crippen molar-refractivity contribution in [2.24, 2.45) is 0 Å². The average Bonchev–Trinajstić information content (AvgIpc) is 2.29. The van der Waals surface area contributed by atoms with Crippen molar-refractivity contribution >= 4 is 17.6 Å². The fourth-order valence-electron chi connectivity index (χ4n) is 1.64. The van der Waals surface area contributed by atoms with Crippen molar-refractivity contribution in [1.82, 2.24) is 9.97 Å². The zero-order valence-corrected chi connectivity index (χ0v) is 13.2. The van der Waals surface area contributed by atoms with Crippen LogP contribution in [0.1, 0.15) is 51.7 Å². The lowest BCUT2D eigenvalue weighted by atomic mass is 10.2. The van der Waals surface area contributed by atoms with Gasteiger partial charge in [0.25, 0.3) is 0 Å². The molecule has 0 aliphatic rings. The third-order valence-electron chi connectivity index (χ3n) is 2.61. The third-order valence-corrected chi connectivity index (χ3v) is 3.87. The van der Waals surface area contributed by atoms with Crippen LogP contribution in [-0.2, 0) is 12.2 Å². The average molecular weight is 267 g/mol. The summed E-state index contributed by atoms with van der Waals surface area (Å²) in [6.45, 7) is 13.9. The van der Waals surface area contributed by atoms with Gasteiger partial charge in [-0.05, 0) is 20.3 Å². The van der Waals surface area contributed by atoms with Crippen LogP contribution in [0.5, 0.6) is 0 Å².